The Hall–Kier alpha value is -1.92. The van der Waals surface area contributed by atoms with Crippen LogP contribution in [0.2, 0.25) is 0 Å². The Bertz CT molecular complexity index is 511. The van der Waals surface area contributed by atoms with Crippen LogP contribution in [0, 0.1) is 0 Å². The molecule has 0 saturated carbocycles. The molecule has 0 spiro atoms. The number of thiazole rings is 1. The number of methoxy groups -OCH3 is 1. The molecule has 2 aromatic rings. The van der Waals surface area contributed by atoms with Crippen LogP contribution in [-0.4, -0.2) is 24.6 Å². The van der Waals surface area contributed by atoms with Crippen LogP contribution in [0.25, 0.3) is 0 Å². The van der Waals surface area contributed by atoms with Gasteiger partial charge in [0.2, 0.25) is 5.91 Å². The molecule has 1 amide bonds. The van der Waals surface area contributed by atoms with Crippen LogP contribution in [0.1, 0.15) is 4.88 Å². The number of carbonyl (C=O) groups is 1. The number of hydrogen-bond donors (Lipinski definition) is 2. The summed E-state index contributed by atoms with van der Waals surface area (Å²) in [6.45, 7) is 0.811. The topological polar surface area (TPSA) is 63.2 Å². The summed E-state index contributed by atoms with van der Waals surface area (Å²) in [4.78, 5) is 16.5. The Morgan fingerprint density at radius 2 is 2.05 bits per heavy atom. The predicted octanol–water partition coefficient (Wildman–Crippen LogP) is 2.34. The molecule has 1 aromatic heterocycles. The summed E-state index contributed by atoms with van der Waals surface area (Å²) in [6.07, 6.45) is 1.84. The van der Waals surface area contributed by atoms with Gasteiger partial charge in [-0.05, 0) is 24.3 Å². The number of benzene rings is 1. The molecule has 1 aromatic carbocycles. The van der Waals surface area contributed by atoms with E-state index in [9.17, 15) is 4.79 Å². The fraction of sp³-hybridized carbons (Fsp3) is 0.231. The summed E-state index contributed by atoms with van der Waals surface area (Å²) < 4.78 is 4.75. The quantitative estimate of drug-likeness (QED) is 0.850. The molecule has 0 fully saturated rings. The van der Waals surface area contributed by atoms with Crippen molar-refractivity contribution in [2.45, 2.75) is 6.54 Å². The predicted molar refractivity (Wildman–Crippen MR) is 76.4 cm³/mol. The maximum absolute atomic E-state index is 11.3. The molecule has 0 aliphatic rings. The molecule has 5 nitrogen and oxygen atoms in total. The second-order valence-corrected chi connectivity index (χ2v) is 4.85. The summed E-state index contributed by atoms with van der Waals surface area (Å²) in [7, 11) is 1.49. The standard InChI is InChI=1S/C13H15N3O2S/c1-18-8-13(17)16-11-4-2-10(3-5-11)15-7-12-6-14-9-19-12/h2-6,9,15H,7-8H2,1H3,(H,16,17). The monoisotopic (exact) mass is 277 g/mol. The minimum Gasteiger partial charge on any atom is -0.380 e. The minimum atomic E-state index is -0.159. The lowest BCUT2D eigenvalue weighted by molar-refractivity contribution is -0.119. The van der Waals surface area contributed by atoms with Crippen molar-refractivity contribution in [3.8, 4) is 0 Å². The fourth-order valence-electron chi connectivity index (χ4n) is 1.52. The second kappa shape index (κ2) is 6.86. The van der Waals surface area contributed by atoms with E-state index in [1.165, 1.54) is 12.0 Å². The van der Waals surface area contributed by atoms with Crippen molar-refractivity contribution >= 4 is 28.6 Å². The van der Waals surface area contributed by atoms with Gasteiger partial charge in [0.15, 0.2) is 0 Å². The van der Waals surface area contributed by atoms with E-state index in [4.69, 9.17) is 4.74 Å². The minimum absolute atomic E-state index is 0.0609. The molecule has 2 N–H and O–H groups in total. The highest BCUT2D eigenvalue weighted by atomic mass is 32.1. The number of carbonyl (C=O) groups excluding carboxylic acids is 1. The van der Waals surface area contributed by atoms with Gasteiger partial charge in [-0.25, -0.2) is 0 Å². The highest BCUT2D eigenvalue weighted by molar-refractivity contribution is 7.09. The Labute approximate surface area is 115 Å². The Morgan fingerprint density at radius 3 is 2.68 bits per heavy atom. The molecule has 0 aliphatic carbocycles. The van der Waals surface area contributed by atoms with E-state index in [-0.39, 0.29) is 12.5 Å². The highest BCUT2D eigenvalue weighted by Gasteiger charge is 2.01. The summed E-state index contributed by atoms with van der Waals surface area (Å²) in [5.41, 5.74) is 3.56. The molecule has 19 heavy (non-hydrogen) atoms. The van der Waals surface area contributed by atoms with E-state index < -0.39 is 0 Å². The Kier molecular flexibility index (Phi) is 4.88. The van der Waals surface area contributed by atoms with E-state index in [2.05, 4.69) is 15.6 Å². The Balaban J connectivity index is 1.85. The van der Waals surface area contributed by atoms with Gasteiger partial charge in [0.05, 0.1) is 12.1 Å². The molecule has 1 heterocycles. The molecule has 0 atom stereocenters. The van der Waals surface area contributed by atoms with E-state index in [1.54, 1.807) is 11.3 Å². The number of aromatic nitrogens is 1. The molecule has 6 heteroatoms. The van der Waals surface area contributed by atoms with E-state index >= 15 is 0 Å². The Morgan fingerprint density at radius 1 is 1.32 bits per heavy atom. The van der Waals surface area contributed by atoms with Gasteiger partial charge in [0.1, 0.15) is 6.61 Å². The van der Waals surface area contributed by atoms with Crippen molar-refractivity contribution in [3.05, 3.63) is 40.8 Å². The van der Waals surface area contributed by atoms with Crippen molar-refractivity contribution in [2.75, 3.05) is 24.4 Å². The van der Waals surface area contributed by atoms with Gasteiger partial charge >= 0.3 is 0 Å². The van der Waals surface area contributed by atoms with Crippen molar-refractivity contribution in [1.29, 1.82) is 0 Å². The highest BCUT2D eigenvalue weighted by Crippen LogP contribution is 2.15. The van der Waals surface area contributed by atoms with Crippen molar-refractivity contribution < 1.29 is 9.53 Å². The van der Waals surface area contributed by atoms with Crippen LogP contribution in [-0.2, 0) is 16.1 Å². The largest absolute Gasteiger partial charge is 0.380 e. The van der Waals surface area contributed by atoms with Crippen LogP contribution < -0.4 is 10.6 Å². The number of hydrogen-bond acceptors (Lipinski definition) is 5. The lowest BCUT2D eigenvalue weighted by atomic mass is 10.2. The summed E-state index contributed by atoms with van der Waals surface area (Å²) in [6, 6.07) is 7.54. The van der Waals surface area contributed by atoms with Crippen molar-refractivity contribution in [2.24, 2.45) is 0 Å². The van der Waals surface area contributed by atoms with Gasteiger partial charge in [0, 0.05) is 29.6 Å². The first-order valence-electron chi connectivity index (χ1n) is 5.78. The number of rotatable bonds is 6. The molecule has 2 rings (SSSR count). The third-order valence-electron chi connectivity index (χ3n) is 2.39. The first kappa shape index (κ1) is 13.5. The maximum Gasteiger partial charge on any atom is 0.250 e. The third kappa shape index (κ3) is 4.35. The SMILES string of the molecule is COCC(=O)Nc1ccc(NCc2cncs2)cc1. The van der Waals surface area contributed by atoms with Gasteiger partial charge in [-0.15, -0.1) is 11.3 Å². The lowest BCUT2D eigenvalue weighted by Gasteiger charge is -2.07. The van der Waals surface area contributed by atoms with Crippen molar-refractivity contribution in [3.63, 3.8) is 0 Å². The van der Waals surface area contributed by atoms with E-state index in [0.717, 1.165) is 17.9 Å². The van der Waals surface area contributed by atoms with E-state index in [1.807, 2.05) is 36.0 Å². The first-order chi connectivity index (χ1) is 9.28. The lowest BCUT2D eigenvalue weighted by Crippen LogP contribution is -2.16. The molecule has 0 unspecified atom stereocenters. The van der Waals surface area contributed by atoms with Gasteiger partial charge < -0.3 is 15.4 Å². The fourth-order valence-corrected chi connectivity index (χ4v) is 2.05. The summed E-state index contributed by atoms with van der Waals surface area (Å²) in [5.74, 6) is -0.159. The van der Waals surface area contributed by atoms with E-state index in [0.29, 0.717) is 0 Å². The molecule has 100 valence electrons. The van der Waals surface area contributed by atoms with Gasteiger partial charge in [0.25, 0.3) is 0 Å². The average Bonchev–Trinajstić information content (AvgIpc) is 2.91. The normalized spacial score (nSPS) is 10.2. The van der Waals surface area contributed by atoms with Crippen molar-refractivity contribution in [1.82, 2.24) is 4.98 Å². The first-order valence-corrected chi connectivity index (χ1v) is 6.66. The van der Waals surface area contributed by atoms with Gasteiger partial charge in [-0.2, -0.15) is 0 Å². The van der Waals surface area contributed by atoms with Gasteiger partial charge in [-0.1, -0.05) is 0 Å². The number of ether oxygens (including phenoxy) is 1. The van der Waals surface area contributed by atoms with Crippen LogP contribution in [0.3, 0.4) is 0 Å². The molecular formula is C13H15N3O2S. The molecule has 0 saturated heterocycles. The summed E-state index contributed by atoms with van der Waals surface area (Å²) in [5, 5.41) is 6.03. The zero-order valence-electron chi connectivity index (χ0n) is 10.6. The second-order valence-electron chi connectivity index (χ2n) is 3.88. The number of amides is 1. The molecule has 0 aliphatic heterocycles. The number of nitrogens with zero attached hydrogens (tertiary/aromatic N) is 1. The maximum atomic E-state index is 11.3. The molecule has 0 radical (unpaired) electrons. The van der Waals surface area contributed by atoms with Crippen LogP contribution in [0.4, 0.5) is 11.4 Å². The average molecular weight is 277 g/mol. The number of nitrogens with one attached hydrogen (secondary N) is 2. The van der Waals surface area contributed by atoms with Crippen LogP contribution in [0.5, 0.6) is 0 Å². The van der Waals surface area contributed by atoms with Crippen LogP contribution in [0.15, 0.2) is 36.0 Å². The van der Waals surface area contributed by atoms with Crippen LogP contribution >= 0.6 is 11.3 Å². The number of anilines is 2. The molecule has 0 bridgehead atoms. The molecular weight excluding hydrogens is 262 g/mol. The summed E-state index contributed by atoms with van der Waals surface area (Å²) >= 11 is 1.61. The third-order valence-corrected chi connectivity index (χ3v) is 3.17. The smallest absolute Gasteiger partial charge is 0.250 e. The zero-order chi connectivity index (χ0) is 13.5. The van der Waals surface area contributed by atoms with Gasteiger partial charge in [-0.3, -0.25) is 9.78 Å². The zero-order valence-corrected chi connectivity index (χ0v) is 11.4.